The molecular formula is C23H22N2O4S. The van der Waals surface area contributed by atoms with Crippen molar-refractivity contribution in [2.24, 2.45) is 0 Å². The van der Waals surface area contributed by atoms with E-state index in [1.165, 1.54) is 0 Å². The Morgan fingerprint density at radius 1 is 1.03 bits per heavy atom. The van der Waals surface area contributed by atoms with E-state index in [2.05, 4.69) is 0 Å². The quantitative estimate of drug-likeness (QED) is 0.644. The summed E-state index contributed by atoms with van der Waals surface area (Å²) in [6.45, 7) is 0.858. The van der Waals surface area contributed by atoms with Gasteiger partial charge < -0.3 is 9.64 Å². The summed E-state index contributed by atoms with van der Waals surface area (Å²) in [6, 6.07) is 16.4. The van der Waals surface area contributed by atoms with Gasteiger partial charge in [0.25, 0.3) is 5.91 Å². The van der Waals surface area contributed by atoms with Crippen molar-refractivity contribution in [3.63, 3.8) is 0 Å². The van der Waals surface area contributed by atoms with Gasteiger partial charge in [-0.3, -0.25) is 4.79 Å². The maximum Gasteiger partial charge on any atom is 0.258 e. The molecule has 6 nitrogen and oxygen atoms in total. The van der Waals surface area contributed by atoms with E-state index in [4.69, 9.17) is 4.74 Å². The van der Waals surface area contributed by atoms with Crippen LogP contribution in [0.1, 0.15) is 28.3 Å². The molecule has 3 aromatic carbocycles. The minimum Gasteiger partial charge on any atom is -0.496 e. The summed E-state index contributed by atoms with van der Waals surface area (Å²) in [6.07, 6.45) is 0.738. The van der Waals surface area contributed by atoms with E-state index in [1.54, 1.807) is 53.7 Å². The molecule has 0 aromatic heterocycles. The highest BCUT2D eigenvalue weighted by Gasteiger charge is 2.37. The SMILES string of the molecule is COc1ccccc1[C@H]1CCN(S(=O)(=O)c2ccc3c4c(cccc24)C(=O)N3C)C1. The van der Waals surface area contributed by atoms with E-state index in [9.17, 15) is 13.2 Å². The van der Waals surface area contributed by atoms with Gasteiger partial charge in [-0.15, -0.1) is 0 Å². The van der Waals surface area contributed by atoms with Gasteiger partial charge in [0.15, 0.2) is 0 Å². The minimum absolute atomic E-state index is 0.0837. The molecule has 154 valence electrons. The summed E-state index contributed by atoms with van der Waals surface area (Å²) >= 11 is 0. The smallest absolute Gasteiger partial charge is 0.258 e. The van der Waals surface area contributed by atoms with Gasteiger partial charge in [0.1, 0.15) is 5.75 Å². The first kappa shape index (κ1) is 19.1. The lowest BCUT2D eigenvalue weighted by Gasteiger charge is -2.19. The largest absolute Gasteiger partial charge is 0.496 e. The molecule has 0 aliphatic carbocycles. The molecule has 0 spiro atoms. The predicted octanol–water partition coefficient (Wildman–Crippen LogP) is 3.62. The Labute approximate surface area is 175 Å². The standard InChI is InChI=1S/C23H22N2O4S/c1-24-19-10-11-21(17-7-5-8-18(22(17)19)23(24)26)30(27,28)25-13-12-15(14-25)16-6-3-4-9-20(16)29-2/h3-11,15H,12-14H2,1-2H3/t15-/m0/s1. The van der Waals surface area contributed by atoms with Crippen LogP contribution in [0, 0.1) is 0 Å². The molecule has 7 heteroatoms. The van der Waals surface area contributed by atoms with Crippen LogP contribution in [-0.2, 0) is 10.0 Å². The van der Waals surface area contributed by atoms with Crippen molar-refractivity contribution in [3.05, 3.63) is 65.7 Å². The van der Waals surface area contributed by atoms with E-state index in [-0.39, 0.29) is 16.7 Å². The molecule has 0 unspecified atom stereocenters. The fraction of sp³-hybridized carbons (Fsp3) is 0.261. The summed E-state index contributed by atoms with van der Waals surface area (Å²) in [4.78, 5) is 14.3. The van der Waals surface area contributed by atoms with Crippen molar-refractivity contribution in [1.29, 1.82) is 0 Å². The number of ether oxygens (including phenoxy) is 1. The zero-order chi connectivity index (χ0) is 21.0. The van der Waals surface area contributed by atoms with Crippen molar-refractivity contribution in [3.8, 4) is 5.75 Å². The first-order valence-electron chi connectivity index (χ1n) is 9.90. The third-order valence-electron chi connectivity index (χ3n) is 6.22. The Morgan fingerprint density at radius 3 is 2.63 bits per heavy atom. The first-order valence-corrected chi connectivity index (χ1v) is 11.3. The lowest BCUT2D eigenvalue weighted by molar-refractivity contribution is 0.0999. The maximum atomic E-state index is 13.6. The second kappa shape index (κ2) is 6.82. The highest BCUT2D eigenvalue weighted by atomic mass is 32.2. The number of amides is 1. The molecule has 1 fully saturated rings. The lowest BCUT2D eigenvalue weighted by atomic mass is 9.97. The Morgan fingerprint density at radius 2 is 1.83 bits per heavy atom. The van der Waals surface area contributed by atoms with Gasteiger partial charge in [-0.1, -0.05) is 30.3 Å². The molecule has 2 aliphatic heterocycles. The molecule has 30 heavy (non-hydrogen) atoms. The average molecular weight is 423 g/mol. The van der Waals surface area contributed by atoms with Gasteiger partial charge in [-0.25, -0.2) is 8.42 Å². The Bertz CT molecular complexity index is 1290. The molecule has 0 saturated carbocycles. The van der Waals surface area contributed by atoms with Crippen molar-refractivity contribution >= 4 is 32.4 Å². The molecule has 1 saturated heterocycles. The maximum absolute atomic E-state index is 13.6. The van der Waals surface area contributed by atoms with Crippen molar-refractivity contribution < 1.29 is 17.9 Å². The lowest BCUT2D eigenvalue weighted by Crippen LogP contribution is -2.29. The number of hydrogen-bond donors (Lipinski definition) is 0. The normalized spacial score (nSPS) is 19.1. The number of sulfonamides is 1. The van der Waals surface area contributed by atoms with E-state index in [1.807, 2.05) is 24.3 Å². The van der Waals surface area contributed by atoms with Crippen LogP contribution in [0.2, 0.25) is 0 Å². The van der Waals surface area contributed by atoms with Crippen LogP contribution in [0.25, 0.3) is 10.8 Å². The third-order valence-corrected chi connectivity index (χ3v) is 8.15. The number of methoxy groups -OCH3 is 1. The highest BCUT2D eigenvalue weighted by Crippen LogP contribution is 2.41. The van der Waals surface area contributed by atoms with Crippen LogP contribution in [0.5, 0.6) is 5.75 Å². The van der Waals surface area contributed by atoms with Crippen molar-refractivity contribution in [1.82, 2.24) is 4.31 Å². The molecule has 2 heterocycles. The first-order chi connectivity index (χ1) is 14.4. The Hall–Kier alpha value is -2.90. The number of carbonyl (C=O) groups is 1. The zero-order valence-electron chi connectivity index (χ0n) is 16.8. The molecule has 0 radical (unpaired) electrons. The highest BCUT2D eigenvalue weighted by molar-refractivity contribution is 7.89. The van der Waals surface area contributed by atoms with Crippen LogP contribution in [-0.4, -0.2) is 45.9 Å². The minimum atomic E-state index is -3.70. The topological polar surface area (TPSA) is 66.9 Å². The molecule has 2 aliphatic rings. The van der Waals surface area contributed by atoms with Crippen LogP contribution in [0.15, 0.2) is 59.5 Å². The van der Waals surface area contributed by atoms with Crippen LogP contribution in [0.4, 0.5) is 5.69 Å². The van der Waals surface area contributed by atoms with Gasteiger partial charge in [-0.2, -0.15) is 4.31 Å². The van der Waals surface area contributed by atoms with Crippen LogP contribution < -0.4 is 9.64 Å². The molecular weight excluding hydrogens is 400 g/mol. The summed E-state index contributed by atoms with van der Waals surface area (Å²) in [7, 11) is -0.360. The predicted molar refractivity (Wildman–Crippen MR) is 116 cm³/mol. The Balaban J connectivity index is 1.55. The summed E-state index contributed by atoms with van der Waals surface area (Å²) < 4.78 is 34.2. The monoisotopic (exact) mass is 422 g/mol. The average Bonchev–Trinajstić information content (AvgIpc) is 3.36. The number of benzene rings is 3. The molecule has 0 bridgehead atoms. The van der Waals surface area contributed by atoms with Gasteiger partial charge >= 0.3 is 0 Å². The molecule has 5 rings (SSSR count). The number of hydrogen-bond acceptors (Lipinski definition) is 4. The van der Waals surface area contributed by atoms with E-state index >= 15 is 0 Å². The fourth-order valence-corrected chi connectivity index (χ4v) is 6.37. The molecule has 1 atom stereocenters. The number of rotatable bonds is 4. The number of carbonyl (C=O) groups excluding carboxylic acids is 1. The number of anilines is 1. The molecule has 0 N–H and O–H groups in total. The van der Waals surface area contributed by atoms with Crippen LogP contribution >= 0.6 is 0 Å². The number of nitrogens with zero attached hydrogens (tertiary/aromatic N) is 2. The van der Waals surface area contributed by atoms with E-state index in [0.717, 1.165) is 23.4 Å². The van der Waals surface area contributed by atoms with Gasteiger partial charge in [0.2, 0.25) is 10.0 Å². The second-order valence-electron chi connectivity index (χ2n) is 7.77. The van der Waals surface area contributed by atoms with Crippen molar-refractivity contribution in [2.75, 3.05) is 32.1 Å². The summed E-state index contributed by atoms with van der Waals surface area (Å²) in [5.41, 5.74) is 2.33. The number of para-hydroxylation sites is 1. The zero-order valence-corrected chi connectivity index (χ0v) is 17.6. The summed E-state index contributed by atoms with van der Waals surface area (Å²) in [5.74, 6) is 0.761. The van der Waals surface area contributed by atoms with Crippen LogP contribution in [0.3, 0.4) is 0 Å². The molecule has 3 aromatic rings. The fourth-order valence-electron chi connectivity index (χ4n) is 4.68. The second-order valence-corrected chi connectivity index (χ2v) is 9.67. The van der Waals surface area contributed by atoms with Crippen molar-refractivity contribution in [2.45, 2.75) is 17.2 Å². The van der Waals surface area contributed by atoms with Gasteiger partial charge in [0.05, 0.1) is 17.7 Å². The Kier molecular flexibility index (Phi) is 4.34. The van der Waals surface area contributed by atoms with Gasteiger partial charge in [0, 0.05) is 42.4 Å². The molecule has 1 amide bonds. The van der Waals surface area contributed by atoms with Gasteiger partial charge in [-0.05, 0) is 36.2 Å². The van der Waals surface area contributed by atoms with E-state index < -0.39 is 10.0 Å². The summed E-state index contributed by atoms with van der Waals surface area (Å²) in [5, 5.41) is 1.31. The van der Waals surface area contributed by atoms with E-state index in [0.29, 0.717) is 29.4 Å². The third kappa shape index (κ3) is 2.66.